The Balaban J connectivity index is 1.52. The van der Waals surface area contributed by atoms with Crippen molar-refractivity contribution in [3.05, 3.63) is 57.9 Å². The van der Waals surface area contributed by atoms with E-state index in [1.807, 2.05) is 0 Å². The second kappa shape index (κ2) is 6.77. The minimum absolute atomic E-state index is 0.00361. The van der Waals surface area contributed by atoms with Crippen LogP contribution in [0.5, 0.6) is 0 Å². The Morgan fingerprint density at radius 1 is 1.29 bits per heavy atom. The number of para-hydroxylation sites is 1. The summed E-state index contributed by atoms with van der Waals surface area (Å²) < 4.78 is 40.3. The molecule has 0 aliphatic carbocycles. The van der Waals surface area contributed by atoms with Crippen LogP contribution in [0.15, 0.2) is 35.1 Å². The number of halogens is 3. The lowest BCUT2D eigenvalue weighted by Gasteiger charge is -2.25. The lowest BCUT2D eigenvalue weighted by Crippen LogP contribution is -2.32. The van der Waals surface area contributed by atoms with Gasteiger partial charge in [-0.15, -0.1) is 10.2 Å². The largest absolute Gasteiger partial charge is 0.392 e. The van der Waals surface area contributed by atoms with Crippen LogP contribution in [-0.4, -0.2) is 31.8 Å². The summed E-state index contributed by atoms with van der Waals surface area (Å²) in [6.45, 7) is 0.148. The summed E-state index contributed by atoms with van der Waals surface area (Å²) in [7, 11) is 0. The maximum Gasteiger partial charge on any atom is 0.392 e. The third-order valence-electron chi connectivity index (χ3n) is 4.90. The number of carbonyl (C=O) groups is 1. The summed E-state index contributed by atoms with van der Waals surface area (Å²) in [5, 5.41) is 11.0. The molecule has 1 unspecified atom stereocenters. The SMILES string of the molecule is O=C(NCc1nnc2n1CCC(C(F)(F)F)C2)c1cc(=O)[nH]c2ccccc12. The Bertz CT molecular complexity index is 1100. The lowest BCUT2D eigenvalue weighted by atomic mass is 9.97. The standard InChI is InChI=1S/C18H16F3N5O2/c19-18(20,21)10-5-6-26-14(7-10)24-25-15(26)9-22-17(28)12-8-16(27)23-13-4-2-1-3-11(12)13/h1-4,8,10H,5-7,9H2,(H,22,28)(H,23,27). The minimum Gasteiger partial charge on any atom is -0.345 e. The zero-order valence-electron chi connectivity index (χ0n) is 14.6. The van der Waals surface area contributed by atoms with E-state index in [-0.39, 0.29) is 37.3 Å². The molecule has 0 bridgehead atoms. The molecular weight excluding hydrogens is 375 g/mol. The van der Waals surface area contributed by atoms with Gasteiger partial charge in [0.1, 0.15) is 5.82 Å². The molecule has 3 heterocycles. The van der Waals surface area contributed by atoms with Crippen molar-refractivity contribution in [3.8, 4) is 0 Å². The molecule has 1 aromatic carbocycles. The molecule has 146 valence electrons. The van der Waals surface area contributed by atoms with E-state index in [1.54, 1.807) is 28.8 Å². The van der Waals surface area contributed by atoms with E-state index in [0.29, 0.717) is 16.7 Å². The first-order valence-corrected chi connectivity index (χ1v) is 8.71. The molecule has 1 aliphatic heterocycles. The summed E-state index contributed by atoms with van der Waals surface area (Å²) in [5.41, 5.74) is 0.356. The Hall–Kier alpha value is -3.17. The molecule has 0 spiro atoms. The summed E-state index contributed by atoms with van der Waals surface area (Å²) in [6.07, 6.45) is -4.52. The molecule has 0 fully saturated rings. The van der Waals surface area contributed by atoms with Gasteiger partial charge in [0.05, 0.1) is 18.0 Å². The number of benzene rings is 1. The van der Waals surface area contributed by atoms with E-state index in [4.69, 9.17) is 0 Å². The van der Waals surface area contributed by atoms with Crippen molar-refractivity contribution >= 4 is 16.8 Å². The molecule has 28 heavy (non-hydrogen) atoms. The second-order valence-electron chi connectivity index (χ2n) is 6.69. The van der Waals surface area contributed by atoms with Gasteiger partial charge >= 0.3 is 6.18 Å². The quantitative estimate of drug-likeness (QED) is 0.716. The number of aromatic nitrogens is 4. The molecule has 1 aliphatic rings. The van der Waals surface area contributed by atoms with Crippen LogP contribution in [0, 0.1) is 5.92 Å². The van der Waals surface area contributed by atoms with E-state index in [2.05, 4.69) is 20.5 Å². The normalized spacial score (nSPS) is 16.8. The van der Waals surface area contributed by atoms with Crippen LogP contribution in [0.4, 0.5) is 13.2 Å². The van der Waals surface area contributed by atoms with Crippen molar-refractivity contribution in [1.82, 2.24) is 25.1 Å². The zero-order valence-corrected chi connectivity index (χ0v) is 14.6. The van der Waals surface area contributed by atoms with Crippen molar-refractivity contribution in [1.29, 1.82) is 0 Å². The zero-order chi connectivity index (χ0) is 19.9. The van der Waals surface area contributed by atoms with Crippen molar-refractivity contribution in [2.45, 2.75) is 32.1 Å². The number of nitrogens with zero attached hydrogens (tertiary/aromatic N) is 3. The van der Waals surface area contributed by atoms with Crippen LogP contribution in [0.2, 0.25) is 0 Å². The van der Waals surface area contributed by atoms with Crippen LogP contribution in [0.25, 0.3) is 10.9 Å². The average molecular weight is 391 g/mol. The third kappa shape index (κ3) is 3.37. The van der Waals surface area contributed by atoms with Crippen molar-refractivity contribution in [2.75, 3.05) is 0 Å². The number of aromatic amines is 1. The van der Waals surface area contributed by atoms with Gasteiger partial charge in [-0.2, -0.15) is 13.2 Å². The predicted octanol–water partition coefficient (Wildman–Crippen LogP) is 2.17. The lowest BCUT2D eigenvalue weighted by molar-refractivity contribution is -0.179. The molecule has 1 amide bonds. The number of hydrogen-bond donors (Lipinski definition) is 2. The summed E-state index contributed by atoms with van der Waals surface area (Å²) >= 11 is 0. The highest BCUT2D eigenvalue weighted by Gasteiger charge is 2.42. The highest BCUT2D eigenvalue weighted by atomic mass is 19.4. The molecule has 1 atom stereocenters. The monoisotopic (exact) mass is 391 g/mol. The molecule has 0 saturated heterocycles. The number of H-pyrrole nitrogens is 1. The van der Waals surface area contributed by atoms with Gasteiger partial charge in [-0.05, 0) is 12.5 Å². The van der Waals surface area contributed by atoms with Gasteiger partial charge < -0.3 is 14.9 Å². The third-order valence-corrected chi connectivity index (χ3v) is 4.90. The van der Waals surface area contributed by atoms with E-state index >= 15 is 0 Å². The van der Waals surface area contributed by atoms with Crippen LogP contribution >= 0.6 is 0 Å². The number of rotatable bonds is 3. The van der Waals surface area contributed by atoms with Crippen molar-refractivity contribution in [3.63, 3.8) is 0 Å². The van der Waals surface area contributed by atoms with Crippen molar-refractivity contribution in [2.24, 2.45) is 5.92 Å². The van der Waals surface area contributed by atoms with Gasteiger partial charge in [0.2, 0.25) is 5.56 Å². The fourth-order valence-electron chi connectivity index (χ4n) is 3.45. The van der Waals surface area contributed by atoms with E-state index in [9.17, 15) is 22.8 Å². The van der Waals surface area contributed by atoms with E-state index in [1.165, 1.54) is 6.07 Å². The Morgan fingerprint density at radius 3 is 2.86 bits per heavy atom. The van der Waals surface area contributed by atoms with Gasteiger partial charge in [-0.3, -0.25) is 9.59 Å². The smallest absolute Gasteiger partial charge is 0.345 e. The molecule has 10 heteroatoms. The summed E-state index contributed by atoms with van der Waals surface area (Å²) in [6, 6.07) is 8.13. The Morgan fingerprint density at radius 2 is 2.07 bits per heavy atom. The number of carbonyl (C=O) groups excluding carboxylic acids is 1. The van der Waals surface area contributed by atoms with Crippen LogP contribution in [-0.2, 0) is 19.5 Å². The van der Waals surface area contributed by atoms with Gasteiger partial charge in [0.25, 0.3) is 5.91 Å². The number of nitrogens with one attached hydrogen (secondary N) is 2. The van der Waals surface area contributed by atoms with Crippen LogP contribution in [0.3, 0.4) is 0 Å². The number of alkyl halides is 3. The molecule has 4 rings (SSSR count). The number of fused-ring (bicyclic) bond motifs is 2. The molecule has 7 nitrogen and oxygen atoms in total. The van der Waals surface area contributed by atoms with Gasteiger partial charge in [0.15, 0.2) is 5.82 Å². The molecular formula is C18H16F3N5O2. The molecule has 0 saturated carbocycles. The molecule has 3 aromatic rings. The number of pyridine rings is 1. The first-order valence-electron chi connectivity index (χ1n) is 8.71. The Kier molecular flexibility index (Phi) is 4.40. The second-order valence-corrected chi connectivity index (χ2v) is 6.69. The van der Waals surface area contributed by atoms with Crippen LogP contribution < -0.4 is 10.9 Å². The topological polar surface area (TPSA) is 92.7 Å². The first kappa shape index (κ1) is 18.2. The first-order chi connectivity index (χ1) is 13.3. The number of hydrogen-bond acceptors (Lipinski definition) is 4. The van der Waals surface area contributed by atoms with E-state index < -0.39 is 23.6 Å². The highest BCUT2D eigenvalue weighted by Crippen LogP contribution is 2.34. The predicted molar refractivity (Wildman–Crippen MR) is 93.6 cm³/mol. The highest BCUT2D eigenvalue weighted by molar-refractivity contribution is 6.05. The summed E-state index contributed by atoms with van der Waals surface area (Å²) in [5.74, 6) is -1.24. The van der Waals surface area contributed by atoms with Crippen LogP contribution in [0.1, 0.15) is 28.4 Å². The minimum atomic E-state index is -4.26. The molecule has 2 N–H and O–H groups in total. The Labute approximate surface area is 156 Å². The van der Waals surface area contributed by atoms with Crippen molar-refractivity contribution < 1.29 is 18.0 Å². The average Bonchev–Trinajstić information content (AvgIpc) is 3.07. The maximum absolute atomic E-state index is 12.9. The fraction of sp³-hybridized carbons (Fsp3) is 0.333. The maximum atomic E-state index is 12.9. The summed E-state index contributed by atoms with van der Waals surface area (Å²) in [4.78, 5) is 27.0. The number of amides is 1. The van der Waals surface area contributed by atoms with Gasteiger partial charge in [-0.25, -0.2) is 0 Å². The van der Waals surface area contributed by atoms with E-state index in [0.717, 1.165) is 0 Å². The van der Waals surface area contributed by atoms with Gasteiger partial charge in [0, 0.05) is 29.9 Å². The van der Waals surface area contributed by atoms with Gasteiger partial charge in [-0.1, -0.05) is 18.2 Å². The fourth-order valence-corrected chi connectivity index (χ4v) is 3.45. The molecule has 2 aromatic heterocycles. The molecule has 0 radical (unpaired) electrons.